The number of carbonyl (C=O) groups excluding carboxylic acids is 3. The standard InChI is InChI=1S/C47H64N4O13/c1-23-14-15-32-46(7,63-32)45(59)49-36-30(22-48-51-19-17-50(18-20-51)29-12-10-11-13-29)40(56)33-34(41(36)57)39(55)27(5)43-35(33)44(58)47(8,64-43)61-21-16-31(60-9)24(2)42(62-28(6)52)26(4)38(54)25(3)37(23)53/h14-16,21-26,29,31-32,37-38,42,53-57H,10-13,17-20H2,1-9H3,(H,49,59)/b15-14+,21-16+,48-22+/t23-,24+,25+,26+,31-,32?,37-,38+,42+,46?,47-/m0/s1. The molecule has 0 aromatic heterocycles. The van der Waals surface area contributed by atoms with Crippen molar-refractivity contribution in [2.75, 3.05) is 38.6 Å². The van der Waals surface area contributed by atoms with E-state index in [4.69, 9.17) is 23.7 Å². The lowest BCUT2D eigenvalue weighted by Gasteiger charge is -2.38. The lowest BCUT2D eigenvalue weighted by atomic mass is 9.78. The number of epoxide rings is 1. The van der Waals surface area contributed by atoms with Crippen molar-refractivity contribution in [3.63, 3.8) is 0 Å². The highest BCUT2D eigenvalue weighted by atomic mass is 16.7. The van der Waals surface area contributed by atoms with Crippen LogP contribution in [-0.4, -0.2) is 141 Å². The van der Waals surface area contributed by atoms with Crippen molar-refractivity contribution >= 4 is 40.3 Å². The maximum absolute atomic E-state index is 14.6. The summed E-state index contributed by atoms with van der Waals surface area (Å²) < 4.78 is 29.6. The first-order valence-corrected chi connectivity index (χ1v) is 22.4. The van der Waals surface area contributed by atoms with Gasteiger partial charge in [0.2, 0.25) is 0 Å². The van der Waals surface area contributed by atoms with Gasteiger partial charge < -0.3 is 54.5 Å². The van der Waals surface area contributed by atoms with E-state index in [1.54, 1.807) is 46.8 Å². The van der Waals surface area contributed by atoms with Crippen LogP contribution in [-0.2, 0) is 28.5 Å². The Hall–Kier alpha value is -4.94. The number of nitrogens with zero attached hydrogens (tertiary/aromatic N) is 3. The van der Waals surface area contributed by atoms with E-state index in [9.17, 15) is 39.9 Å². The lowest BCUT2D eigenvalue weighted by Crippen LogP contribution is -2.47. The van der Waals surface area contributed by atoms with E-state index in [0.717, 1.165) is 13.1 Å². The van der Waals surface area contributed by atoms with E-state index >= 15 is 0 Å². The molecule has 3 fully saturated rings. The van der Waals surface area contributed by atoms with Crippen molar-refractivity contribution in [1.82, 2.24) is 9.91 Å². The number of nitrogens with one attached hydrogen (secondary N) is 1. The molecule has 17 heteroatoms. The second-order valence-electron chi connectivity index (χ2n) is 18.6. The fourth-order valence-corrected chi connectivity index (χ4v) is 9.96. The number of phenols is 3. The van der Waals surface area contributed by atoms with Crippen LogP contribution in [0.4, 0.5) is 5.69 Å². The molecule has 64 heavy (non-hydrogen) atoms. The van der Waals surface area contributed by atoms with Crippen LogP contribution in [0.5, 0.6) is 23.0 Å². The van der Waals surface area contributed by atoms with Gasteiger partial charge in [0.15, 0.2) is 11.4 Å². The first-order valence-electron chi connectivity index (χ1n) is 22.4. The second kappa shape index (κ2) is 18.1. The van der Waals surface area contributed by atoms with Gasteiger partial charge in [-0.25, -0.2) is 0 Å². The van der Waals surface area contributed by atoms with Gasteiger partial charge in [0.05, 0.1) is 53.0 Å². The van der Waals surface area contributed by atoms with Crippen LogP contribution >= 0.6 is 0 Å². The Labute approximate surface area is 373 Å². The molecule has 350 valence electrons. The summed E-state index contributed by atoms with van der Waals surface area (Å²) in [6.07, 6.45) is 7.45. The zero-order valence-corrected chi connectivity index (χ0v) is 38.2. The third-order valence-corrected chi connectivity index (χ3v) is 14.3. The van der Waals surface area contributed by atoms with Crippen LogP contribution in [0.2, 0.25) is 0 Å². The third kappa shape index (κ3) is 8.52. The van der Waals surface area contributed by atoms with Crippen LogP contribution in [0.15, 0.2) is 29.6 Å². The molecule has 6 aliphatic rings. The number of esters is 1. The van der Waals surface area contributed by atoms with Crippen LogP contribution < -0.4 is 10.1 Å². The van der Waals surface area contributed by atoms with Crippen molar-refractivity contribution in [1.29, 1.82) is 0 Å². The molecule has 17 nitrogen and oxygen atoms in total. The molecule has 8 rings (SSSR count). The predicted molar refractivity (Wildman–Crippen MR) is 236 cm³/mol. The smallest absolute Gasteiger partial charge is 0.312 e. The molecule has 5 aliphatic heterocycles. The van der Waals surface area contributed by atoms with Crippen molar-refractivity contribution in [3.8, 4) is 23.0 Å². The highest BCUT2D eigenvalue weighted by molar-refractivity contribution is 6.23. The van der Waals surface area contributed by atoms with Crippen molar-refractivity contribution in [3.05, 3.63) is 41.2 Å². The third-order valence-electron chi connectivity index (χ3n) is 14.3. The number of Topliss-reactive ketones (excluding diaryl/α,β-unsaturated/α-hetero) is 1. The number of ether oxygens (including phenoxy) is 5. The zero-order valence-electron chi connectivity index (χ0n) is 38.2. The molecular formula is C47H64N4O13. The minimum atomic E-state index is -2.05. The van der Waals surface area contributed by atoms with Crippen LogP contribution in [0, 0.1) is 30.6 Å². The number of hydrazone groups is 1. The number of piperazine rings is 1. The lowest BCUT2D eigenvalue weighted by molar-refractivity contribution is -0.160. The van der Waals surface area contributed by atoms with E-state index in [0.29, 0.717) is 19.1 Å². The molecule has 1 amide bonds. The number of aliphatic hydroxyl groups excluding tert-OH is 2. The summed E-state index contributed by atoms with van der Waals surface area (Å²) >= 11 is 0. The Balaban J connectivity index is 1.33. The SMILES string of the molecule is CO[C@H]1/C=C/O[C@@]2(C)Oc3c(C)c(O)c4c(O)c(c(/C=N/N5CCN(C6CCCC6)CC5)c(O)c4c3C2=O)NC(=O)C2(C)OC2/C=C/[C@H](C)[C@H](O)[C@@H](C)[C@@H](O)[C@@H](C)[C@H](OC(C)=O)[C@@H]1C. The number of methoxy groups -OCH3 is 1. The summed E-state index contributed by atoms with van der Waals surface area (Å²) in [7, 11) is 1.44. The number of hydrogen-bond donors (Lipinski definition) is 6. The van der Waals surface area contributed by atoms with E-state index < -0.39 is 100 Å². The maximum atomic E-state index is 14.6. The maximum Gasteiger partial charge on any atom is 0.312 e. The molecule has 2 aromatic carbocycles. The highest BCUT2D eigenvalue weighted by Gasteiger charge is 2.58. The second-order valence-corrected chi connectivity index (χ2v) is 18.6. The van der Waals surface area contributed by atoms with E-state index in [-0.39, 0.29) is 38.9 Å². The zero-order chi connectivity index (χ0) is 46.6. The van der Waals surface area contributed by atoms with Gasteiger partial charge in [-0.05, 0) is 32.8 Å². The monoisotopic (exact) mass is 892 g/mol. The Bertz CT molecular complexity index is 2230. The molecule has 6 N–H and O–H groups in total. The summed E-state index contributed by atoms with van der Waals surface area (Å²) in [5, 5.41) is 67.9. The number of benzene rings is 2. The van der Waals surface area contributed by atoms with Crippen molar-refractivity contribution in [2.45, 2.75) is 129 Å². The number of phenolic OH excluding ortho intramolecular Hbond substituents is 3. The number of carbonyl (C=O) groups is 3. The molecule has 5 bridgehead atoms. The van der Waals surface area contributed by atoms with Gasteiger partial charge in [0.1, 0.15) is 29.5 Å². The van der Waals surface area contributed by atoms with E-state index in [1.165, 1.54) is 72.1 Å². The molecule has 5 heterocycles. The normalized spacial score (nSPS) is 35.3. The van der Waals surface area contributed by atoms with E-state index in [2.05, 4.69) is 15.3 Å². The summed E-state index contributed by atoms with van der Waals surface area (Å²) in [5.74, 6) is -8.43. The molecule has 0 radical (unpaired) electrons. The summed E-state index contributed by atoms with van der Waals surface area (Å²) in [5.41, 5.74) is -1.99. The number of aliphatic hydroxyl groups is 2. The Kier molecular flexibility index (Phi) is 13.3. The summed E-state index contributed by atoms with van der Waals surface area (Å²) in [4.78, 5) is 43.6. The predicted octanol–water partition coefficient (Wildman–Crippen LogP) is 4.86. The van der Waals surface area contributed by atoms with Gasteiger partial charge in [0.25, 0.3) is 11.7 Å². The largest absolute Gasteiger partial charge is 0.507 e. The number of rotatable bonds is 5. The first-order chi connectivity index (χ1) is 30.2. The average Bonchev–Trinajstić information content (AvgIpc) is 3.53. The number of amides is 1. The molecular weight excluding hydrogens is 829 g/mol. The quantitative estimate of drug-likeness (QED) is 0.0588. The van der Waals surface area contributed by atoms with Gasteiger partial charge >= 0.3 is 11.8 Å². The molecule has 0 spiro atoms. The number of anilines is 1. The molecule has 1 saturated carbocycles. The minimum absolute atomic E-state index is 0.0552. The van der Waals surface area contributed by atoms with Crippen LogP contribution in [0.1, 0.15) is 95.6 Å². The molecule has 2 saturated heterocycles. The number of fused-ring (bicyclic) bond motifs is 12. The van der Waals surface area contributed by atoms with Crippen molar-refractivity contribution < 1.29 is 63.6 Å². The molecule has 2 unspecified atom stereocenters. The fraction of sp³-hybridized carbons (Fsp3) is 0.617. The topological polar surface area (TPSA) is 233 Å². The Morgan fingerprint density at radius 3 is 2.22 bits per heavy atom. The minimum Gasteiger partial charge on any atom is -0.507 e. The van der Waals surface area contributed by atoms with Gasteiger partial charge in [-0.15, -0.1) is 0 Å². The highest BCUT2D eigenvalue weighted by Crippen LogP contribution is 2.55. The van der Waals surface area contributed by atoms with Gasteiger partial charge in [-0.1, -0.05) is 52.7 Å². The summed E-state index contributed by atoms with van der Waals surface area (Å²) in [6.45, 7) is 15.4. The van der Waals surface area contributed by atoms with Crippen LogP contribution in [0.25, 0.3) is 10.8 Å². The van der Waals surface area contributed by atoms with Gasteiger partial charge in [-0.3, -0.25) is 24.3 Å². The van der Waals surface area contributed by atoms with Crippen LogP contribution in [0.3, 0.4) is 0 Å². The Morgan fingerprint density at radius 2 is 1.58 bits per heavy atom. The number of ketones is 1. The molecule has 2 aromatic rings. The van der Waals surface area contributed by atoms with E-state index in [1.807, 2.05) is 5.01 Å². The van der Waals surface area contributed by atoms with Gasteiger partial charge in [-0.2, -0.15) is 5.10 Å². The molecule has 1 aliphatic carbocycles. The van der Waals surface area contributed by atoms with Crippen molar-refractivity contribution in [2.24, 2.45) is 28.8 Å². The number of aromatic hydroxyl groups is 3. The average molecular weight is 893 g/mol. The Morgan fingerprint density at radius 1 is 0.906 bits per heavy atom. The van der Waals surface area contributed by atoms with Gasteiger partial charge in [0, 0.05) is 87.8 Å². The molecule has 11 atom stereocenters. The fourth-order valence-electron chi connectivity index (χ4n) is 9.96. The summed E-state index contributed by atoms with van der Waals surface area (Å²) in [6, 6.07) is 0.547. The number of hydrogen-bond acceptors (Lipinski definition) is 16. The first kappa shape index (κ1) is 47.0.